The van der Waals surface area contributed by atoms with Crippen LogP contribution in [0.2, 0.25) is 0 Å². The second-order valence-electron chi connectivity index (χ2n) is 5.17. The molecule has 1 aliphatic carbocycles. The minimum Gasteiger partial charge on any atom is -0.330 e. The number of hydrogen-bond acceptors (Lipinski definition) is 3. The lowest BCUT2D eigenvalue weighted by atomic mass is 9.90. The molecule has 0 unspecified atom stereocenters. The Morgan fingerprint density at radius 3 is 3.00 bits per heavy atom. The van der Waals surface area contributed by atoms with Crippen LogP contribution < -0.4 is 5.73 Å². The third-order valence-electron chi connectivity index (χ3n) is 3.80. The number of nitrogens with zero attached hydrogens (tertiary/aromatic N) is 3. The molecule has 4 nitrogen and oxygen atoms in total. The van der Waals surface area contributed by atoms with Crippen molar-refractivity contribution in [1.82, 2.24) is 15.0 Å². The summed E-state index contributed by atoms with van der Waals surface area (Å²) in [6.07, 6.45) is 8.84. The molecule has 0 bridgehead atoms. The lowest BCUT2D eigenvalue weighted by Crippen LogP contribution is -2.08. The standard InChI is InChI=1S/C15H20N4/c16-10-4-7-13-11-19(18-17-13)15-9-3-6-12-5-1-2-8-14(12)15/h3,6,9,11H,1-2,4-5,7-8,10,16H2. The SMILES string of the molecule is NCCCc1cn(-c2cccc3c2CCCC3)nn1. The van der Waals surface area contributed by atoms with Gasteiger partial charge < -0.3 is 5.73 Å². The van der Waals surface area contributed by atoms with Crippen LogP contribution in [0.4, 0.5) is 0 Å². The molecule has 1 aromatic carbocycles. The molecule has 4 heteroatoms. The Labute approximate surface area is 113 Å². The topological polar surface area (TPSA) is 56.7 Å². The zero-order valence-corrected chi connectivity index (χ0v) is 11.2. The Morgan fingerprint density at radius 2 is 2.11 bits per heavy atom. The van der Waals surface area contributed by atoms with Crippen LogP contribution in [0.15, 0.2) is 24.4 Å². The van der Waals surface area contributed by atoms with Gasteiger partial charge in [-0.15, -0.1) is 5.10 Å². The Balaban J connectivity index is 1.91. The molecule has 2 aromatic rings. The first-order valence-corrected chi connectivity index (χ1v) is 7.11. The second-order valence-corrected chi connectivity index (χ2v) is 5.17. The fraction of sp³-hybridized carbons (Fsp3) is 0.467. The van der Waals surface area contributed by atoms with E-state index in [0.717, 1.165) is 25.0 Å². The van der Waals surface area contributed by atoms with Gasteiger partial charge in [0.05, 0.1) is 17.6 Å². The minimum absolute atomic E-state index is 0.702. The minimum atomic E-state index is 0.702. The number of nitrogens with two attached hydrogens (primary N) is 1. The molecular formula is C15H20N4. The van der Waals surface area contributed by atoms with Gasteiger partial charge in [-0.05, 0) is 62.3 Å². The average molecular weight is 256 g/mol. The summed E-state index contributed by atoms with van der Waals surface area (Å²) in [7, 11) is 0. The highest BCUT2D eigenvalue weighted by Gasteiger charge is 2.14. The number of aromatic nitrogens is 3. The van der Waals surface area contributed by atoms with Crippen LogP contribution >= 0.6 is 0 Å². The Hall–Kier alpha value is -1.68. The van der Waals surface area contributed by atoms with Crippen LogP contribution in [0.1, 0.15) is 36.1 Å². The quantitative estimate of drug-likeness (QED) is 0.910. The van der Waals surface area contributed by atoms with Crippen LogP contribution in [-0.4, -0.2) is 21.5 Å². The Morgan fingerprint density at radius 1 is 1.21 bits per heavy atom. The molecule has 0 aliphatic heterocycles. The van der Waals surface area contributed by atoms with Crippen LogP contribution in [-0.2, 0) is 19.3 Å². The summed E-state index contributed by atoms with van der Waals surface area (Å²) in [5.74, 6) is 0. The van der Waals surface area contributed by atoms with Gasteiger partial charge in [-0.3, -0.25) is 0 Å². The van der Waals surface area contributed by atoms with Crippen molar-refractivity contribution in [1.29, 1.82) is 0 Å². The van der Waals surface area contributed by atoms with Gasteiger partial charge >= 0.3 is 0 Å². The van der Waals surface area contributed by atoms with Gasteiger partial charge in [0.1, 0.15) is 0 Å². The summed E-state index contributed by atoms with van der Waals surface area (Å²) in [6, 6.07) is 6.51. The van der Waals surface area contributed by atoms with Crippen molar-refractivity contribution in [3.05, 3.63) is 41.2 Å². The van der Waals surface area contributed by atoms with Crippen molar-refractivity contribution in [2.24, 2.45) is 5.73 Å². The van der Waals surface area contributed by atoms with E-state index in [2.05, 4.69) is 28.5 Å². The molecule has 0 fully saturated rings. The van der Waals surface area contributed by atoms with Crippen molar-refractivity contribution in [3.63, 3.8) is 0 Å². The van der Waals surface area contributed by atoms with Crippen molar-refractivity contribution < 1.29 is 0 Å². The van der Waals surface area contributed by atoms with Crippen LogP contribution in [0.3, 0.4) is 0 Å². The van der Waals surface area contributed by atoms with E-state index in [1.54, 1.807) is 0 Å². The van der Waals surface area contributed by atoms with E-state index >= 15 is 0 Å². The molecule has 1 aromatic heterocycles. The first-order valence-electron chi connectivity index (χ1n) is 7.11. The van der Waals surface area contributed by atoms with E-state index in [1.165, 1.54) is 36.1 Å². The number of benzene rings is 1. The van der Waals surface area contributed by atoms with Gasteiger partial charge in [-0.1, -0.05) is 17.3 Å². The highest BCUT2D eigenvalue weighted by Crippen LogP contribution is 2.26. The van der Waals surface area contributed by atoms with Gasteiger partial charge in [0.2, 0.25) is 0 Å². The summed E-state index contributed by atoms with van der Waals surface area (Å²) in [6.45, 7) is 0.702. The summed E-state index contributed by atoms with van der Waals surface area (Å²) >= 11 is 0. The van der Waals surface area contributed by atoms with Gasteiger partial charge in [-0.25, -0.2) is 4.68 Å². The molecule has 3 rings (SSSR count). The summed E-state index contributed by atoms with van der Waals surface area (Å²) < 4.78 is 1.93. The van der Waals surface area contributed by atoms with E-state index in [4.69, 9.17) is 5.73 Å². The number of hydrogen-bond donors (Lipinski definition) is 1. The average Bonchev–Trinajstić information content (AvgIpc) is 2.93. The maximum absolute atomic E-state index is 5.53. The third kappa shape index (κ3) is 2.54. The summed E-state index contributed by atoms with van der Waals surface area (Å²) in [5, 5.41) is 8.51. The number of aryl methyl sites for hydroxylation is 2. The molecule has 19 heavy (non-hydrogen) atoms. The third-order valence-corrected chi connectivity index (χ3v) is 3.80. The monoisotopic (exact) mass is 256 g/mol. The van der Waals surface area contributed by atoms with E-state index in [9.17, 15) is 0 Å². The van der Waals surface area contributed by atoms with Crippen LogP contribution in [0, 0.1) is 0 Å². The fourth-order valence-electron chi connectivity index (χ4n) is 2.79. The maximum atomic E-state index is 5.53. The molecule has 0 amide bonds. The van der Waals surface area contributed by atoms with Gasteiger partial charge in [-0.2, -0.15) is 0 Å². The zero-order valence-electron chi connectivity index (χ0n) is 11.2. The van der Waals surface area contributed by atoms with Gasteiger partial charge in [0.15, 0.2) is 0 Å². The molecule has 1 aliphatic rings. The van der Waals surface area contributed by atoms with E-state index in [0.29, 0.717) is 6.54 Å². The molecule has 0 saturated heterocycles. The Bertz CT molecular complexity index is 559. The van der Waals surface area contributed by atoms with E-state index in [-0.39, 0.29) is 0 Å². The van der Waals surface area contributed by atoms with Crippen molar-refractivity contribution >= 4 is 0 Å². The van der Waals surface area contributed by atoms with Crippen LogP contribution in [0.5, 0.6) is 0 Å². The van der Waals surface area contributed by atoms with Crippen LogP contribution in [0.25, 0.3) is 5.69 Å². The molecule has 2 N–H and O–H groups in total. The fourth-order valence-corrected chi connectivity index (χ4v) is 2.79. The highest BCUT2D eigenvalue weighted by molar-refractivity contribution is 5.46. The predicted octanol–water partition coefficient (Wildman–Crippen LogP) is 2.04. The molecular weight excluding hydrogens is 236 g/mol. The van der Waals surface area contributed by atoms with Crippen molar-refractivity contribution in [3.8, 4) is 5.69 Å². The molecule has 100 valence electrons. The molecule has 0 atom stereocenters. The normalized spacial score (nSPS) is 14.4. The van der Waals surface area contributed by atoms with Gasteiger partial charge in [0.25, 0.3) is 0 Å². The van der Waals surface area contributed by atoms with Crippen molar-refractivity contribution in [2.45, 2.75) is 38.5 Å². The van der Waals surface area contributed by atoms with Gasteiger partial charge in [0, 0.05) is 0 Å². The Kier molecular flexibility index (Phi) is 3.60. The van der Waals surface area contributed by atoms with Crippen molar-refractivity contribution in [2.75, 3.05) is 6.54 Å². The first kappa shape index (κ1) is 12.4. The molecule has 0 saturated carbocycles. The van der Waals surface area contributed by atoms with E-state index in [1.807, 2.05) is 10.9 Å². The second kappa shape index (κ2) is 5.53. The molecule has 0 spiro atoms. The summed E-state index contributed by atoms with van der Waals surface area (Å²) in [5.41, 5.74) is 10.7. The number of fused-ring (bicyclic) bond motifs is 1. The smallest absolute Gasteiger partial charge is 0.0832 e. The van der Waals surface area contributed by atoms with E-state index < -0.39 is 0 Å². The zero-order chi connectivity index (χ0) is 13.1. The predicted molar refractivity (Wildman–Crippen MR) is 75.4 cm³/mol. The highest BCUT2D eigenvalue weighted by atomic mass is 15.4. The lowest BCUT2D eigenvalue weighted by Gasteiger charge is -2.18. The summed E-state index contributed by atoms with van der Waals surface area (Å²) in [4.78, 5) is 0. The maximum Gasteiger partial charge on any atom is 0.0832 e. The molecule has 1 heterocycles. The largest absolute Gasteiger partial charge is 0.330 e. The lowest BCUT2D eigenvalue weighted by molar-refractivity contribution is 0.673. The first-order chi connectivity index (χ1) is 9.38. The number of rotatable bonds is 4. The molecule has 0 radical (unpaired) electrons.